The van der Waals surface area contributed by atoms with E-state index in [1.54, 1.807) is 24.1 Å². The summed E-state index contributed by atoms with van der Waals surface area (Å²) in [7, 11) is 1.78. The SMILES string of the molecule is CC[C@H](Oc1ccc2c(c1)[C@@H](c1ccc(F)cc1)N(C(=O)C1CCCC1)CC2)C(=O)N(C)CC. The first-order chi connectivity index (χ1) is 16.4. The average Bonchev–Trinajstić information content (AvgIpc) is 3.41. The van der Waals surface area contributed by atoms with Crippen LogP contribution in [0, 0.1) is 11.7 Å². The molecule has 1 aliphatic heterocycles. The molecule has 1 aliphatic carbocycles. The Morgan fingerprint density at radius 3 is 2.47 bits per heavy atom. The van der Waals surface area contributed by atoms with E-state index >= 15 is 0 Å². The normalized spacial score (nSPS) is 18.9. The molecule has 0 unspecified atom stereocenters. The molecule has 6 heteroatoms. The van der Waals surface area contributed by atoms with Gasteiger partial charge in [0.1, 0.15) is 11.6 Å². The van der Waals surface area contributed by atoms with Gasteiger partial charge in [-0.25, -0.2) is 4.39 Å². The van der Waals surface area contributed by atoms with Crippen molar-refractivity contribution in [1.82, 2.24) is 9.80 Å². The highest BCUT2D eigenvalue weighted by atomic mass is 19.1. The van der Waals surface area contributed by atoms with E-state index in [2.05, 4.69) is 0 Å². The standard InChI is InChI=1S/C28H35FN2O3/c1-4-25(28(33)30(3)5-2)34-23-15-12-19-16-17-31(27(32)21-8-6-7-9-21)26(24(19)18-23)20-10-13-22(29)14-11-20/h10-15,18,21,25-26H,4-9,16-17H2,1-3H3/t25-,26+/m0/s1. The number of carbonyl (C=O) groups excluding carboxylic acids is 2. The number of halogens is 1. The van der Waals surface area contributed by atoms with Crippen LogP contribution in [-0.2, 0) is 16.0 Å². The van der Waals surface area contributed by atoms with Crippen molar-refractivity contribution in [1.29, 1.82) is 0 Å². The van der Waals surface area contributed by atoms with E-state index in [9.17, 15) is 14.0 Å². The largest absolute Gasteiger partial charge is 0.481 e. The number of likely N-dealkylation sites (N-methyl/N-ethyl adjacent to an activating group) is 1. The molecule has 1 saturated carbocycles. The minimum atomic E-state index is -0.563. The van der Waals surface area contributed by atoms with Gasteiger partial charge in [0.05, 0.1) is 6.04 Å². The van der Waals surface area contributed by atoms with E-state index in [0.717, 1.165) is 48.8 Å². The molecule has 5 nitrogen and oxygen atoms in total. The Morgan fingerprint density at radius 1 is 1.12 bits per heavy atom. The third-order valence-electron chi connectivity index (χ3n) is 7.29. The number of benzene rings is 2. The predicted molar refractivity (Wildman–Crippen MR) is 130 cm³/mol. The number of ether oxygens (including phenoxy) is 1. The summed E-state index contributed by atoms with van der Waals surface area (Å²) in [6.07, 6.45) is 4.83. The predicted octanol–water partition coefficient (Wildman–Crippen LogP) is 5.13. The molecule has 2 amide bonds. The summed E-state index contributed by atoms with van der Waals surface area (Å²) in [6, 6.07) is 12.1. The van der Waals surface area contributed by atoms with Crippen LogP contribution in [0.3, 0.4) is 0 Å². The van der Waals surface area contributed by atoms with E-state index in [4.69, 9.17) is 4.74 Å². The second-order valence-electron chi connectivity index (χ2n) is 9.44. The fourth-order valence-electron chi connectivity index (χ4n) is 5.19. The zero-order valence-corrected chi connectivity index (χ0v) is 20.4. The molecule has 0 N–H and O–H groups in total. The molecule has 0 spiro atoms. The highest BCUT2D eigenvalue weighted by Crippen LogP contribution is 2.40. The summed E-state index contributed by atoms with van der Waals surface area (Å²) in [5.41, 5.74) is 3.04. The molecule has 2 aliphatic rings. The molecule has 0 radical (unpaired) electrons. The van der Waals surface area contributed by atoms with Crippen molar-refractivity contribution < 1.29 is 18.7 Å². The third kappa shape index (κ3) is 4.96. The maximum absolute atomic E-state index is 13.7. The van der Waals surface area contributed by atoms with Crippen LogP contribution in [0.5, 0.6) is 5.75 Å². The van der Waals surface area contributed by atoms with E-state index in [1.807, 2.05) is 36.9 Å². The second-order valence-corrected chi connectivity index (χ2v) is 9.44. The number of amides is 2. The molecule has 0 aromatic heterocycles. The molecule has 1 heterocycles. The fourth-order valence-corrected chi connectivity index (χ4v) is 5.19. The van der Waals surface area contributed by atoms with Crippen LogP contribution < -0.4 is 4.74 Å². The number of rotatable bonds is 7. The van der Waals surface area contributed by atoms with Crippen molar-refractivity contribution in [2.75, 3.05) is 20.1 Å². The lowest BCUT2D eigenvalue weighted by Crippen LogP contribution is -2.43. The first kappa shape index (κ1) is 24.2. The lowest BCUT2D eigenvalue weighted by molar-refractivity contribution is -0.137. The number of nitrogens with zero attached hydrogens (tertiary/aromatic N) is 2. The molecule has 2 aromatic carbocycles. The van der Waals surface area contributed by atoms with Crippen LogP contribution in [-0.4, -0.2) is 47.9 Å². The molecule has 2 atom stereocenters. The molecule has 182 valence electrons. The van der Waals surface area contributed by atoms with E-state index < -0.39 is 6.10 Å². The van der Waals surface area contributed by atoms with Gasteiger partial charge in [-0.05, 0) is 73.6 Å². The summed E-state index contributed by atoms with van der Waals surface area (Å²) < 4.78 is 19.9. The zero-order chi connectivity index (χ0) is 24.2. The summed E-state index contributed by atoms with van der Waals surface area (Å²) in [4.78, 5) is 29.9. The van der Waals surface area contributed by atoms with E-state index in [-0.39, 0.29) is 29.6 Å². The molecular formula is C28H35FN2O3. The lowest BCUT2D eigenvalue weighted by atomic mass is 9.87. The smallest absolute Gasteiger partial charge is 0.263 e. The van der Waals surface area contributed by atoms with Gasteiger partial charge in [0.15, 0.2) is 6.10 Å². The second kappa shape index (κ2) is 10.6. The Morgan fingerprint density at radius 2 is 1.82 bits per heavy atom. The number of fused-ring (bicyclic) bond motifs is 1. The Labute approximate surface area is 201 Å². The van der Waals surface area contributed by atoms with Gasteiger partial charge in [0.25, 0.3) is 5.91 Å². The van der Waals surface area contributed by atoms with Crippen LogP contribution in [0.25, 0.3) is 0 Å². The van der Waals surface area contributed by atoms with Crippen LogP contribution in [0.1, 0.15) is 68.7 Å². The summed E-state index contributed by atoms with van der Waals surface area (Å²) in [5.74, 6) is 0.530. The van der Waals surface area contributed by atoms with Crippen LogP contribution >= 0.6 is 0 Å². The molecule has 2 aromatic rings. The molecule has 34 heavy (non-hydrogen) atoms. The Balaban J connectivity index is 1.69. The van der Waals surface area contributed by atoms with Crippen LogP contribution in [0.4, 0.5) is 4.39 Å². The topological polar surface area (TPSA) is 49.9 Å². The van der Waals surface area contributed by atoms with Crippen molar-refractivity contribution in [3.63, 3.8) is 0 Å². The van der Waals surface area contributed by atoms with Crippen molar-refractivity contribution in [3.05, 3.63) is 65.0 Å². The third-order valence-corrected chi connectivity index (χ3v) is 7.29. The highest BCUT2D eigenvalue weighted by Gasteiger charge is 2.36. The van der Waals surface area contributed by atoms with Gasteiger partial charge < -0.3 is 14.5 Å². The van der Waals surface area contributed by atoms with Crippen molar-refractivity contribution in [2.24, 2.45) is 5.92 Å². The van der Waals surface area contributed by atoms with Gasteiger partial charge in [0, 0.05) is 26.1 Å². The first-order valence-corrected chi connectivity index (χ1v) is 12.5. The first-order valence-electron chi connectivity index (χ1n) is 12.5. The highest BCUT2D eigenvalue weighted by molar-refractivity contribution is 5.81. The van der Waals surface area contributed by atoms with Gasteiger partial charge >= 0.3 is 0 Å². The van der Waals surface area contributed by atoms with Gasteiger partial charge in [-0.1, -0.05) is 38.0 Å². The quantitative estimate of drug-likeness (QED) is 0.569. The van der Waals surface area contributed by atoms with Gasteiger partial charge in [-0.2, -0.15) is 0 Å². The molecule has 0 saturated heterocycles. The fraction of sp³-hybridized carbons (Fsp3) is 0.500. The van der Waals surface area contributed by atoms with Crippen LogP contribution in [0.15, 0.2) is 42.5 Å². The van der Waals surface area contributed by atoms with Crippen molar-refractivity contribution >= 4 is 11.8 Å². The molecule has 1 fully saturated rings. The summed E-state index contributed by atoms with van der Waals surface area (Å²) in [6.45, 7) is 5.14. The molecule has 4 rings (SSSR count). The minimum absolute atomic E-state index is 0.0455. The Bertz CT molecular complexity index is 1020. The monoisotopic (exact) mass is 466 g/mol. The van der Waals surface area contributed by atoms with Gasteiger partial charge in [0.2, 0.25) is 5.91 Å². The summed E-state index contributed by atoms with van der Waals surface area (Å²) in [5, 5.41) is 0. The van der Waals surface area contributed by atoms with Crippen molar-refractivity contribution in [3.8, 4) is 5.75 Å². The number of carbonyl (C=O) groups is 2. The Kier molecular flexibility index (Phi) is 7.54. The lowest BCUT2D eigenvalue weighted by Gasteiger charge is -2.39. The average molecular weight is 467 g/mol. The van der Waals surface area contributed by atoms with Gasteiger partial charge in [-0.15, -0.1) is 0 Å². The zero-order valence-electron chi connectivity index (χ0n) is 20.4. The van der Waals surface area contributed by atoms with E-state index in [0.29, 0.717) is 25.3 Å². The maximum atomic E-state index is 13.7. The Hall–Kier alpha value is -2.89. The summed E-state index contributed by atoms with van der Waals surface area (Å²) >= 11 is 0. The molecular weight excluding hydrogens is 431 g/mol. The van der Waals surface area contributed by atoms with Gasteiger partial charge in [-0.3, -0.25) is 9.59 Å². The minimum Gasteiger partial charge on any atom is -0.481 e. The number of hydrogen-bond donors (Lipinski definition) is 0. The van der Waals surface area contributed by atoms with Crippen molar-refractivity contribution in [2.45, 2.75) is 64.5 Å². The maximum Gasteiger partial charge on any atom is 0.263 e. The number of hydrogen-bond acceptors (Lipinski definition) is 3. The van der Waals surface area contributed by atoms with E-state index in [1.165, 1.54) is 12.1 Å². The van der Waals surface area contributed by atoms with Crippen LogP contribution in [0.2, 0.25) is 0 Å². The molecule has 0 bridgehead atoms.